The van der Waals surface area contributed by atoms with E-state index in [1.807, 2.05) is 55.5 Å². The summed E-state index contributed by atoms with van der Waals surface area (Å²) in [6, 6.07) is 17.2. The van der Waals surface area contributed by atoms with Crippen LogP contribution in [0.15, 0.2) is 54.6 Å². The van der Waals surface area contributed by atoms with Crippen molar-refractivity contribution < 1.29 is 14.6 Å². The van der Waals surface area contributed by atoms with Gasteiger partial charge in [0.25, 0.3) is 0 Å². The molecule has 6 heteroatoms. The van der Waals surface area contributed by atoms with Crippen LogP contribution in [-0.2, 0) is 0 Å². The number of carboxylic acids is 1. The van der Waals surface area contributed by atoms with E-state index in [-0.39, 0.29) is 24.2 Å². The van der Waals surface area contributed by atoms with Gasteiger partial charge in [-0.25, -0.2) is 9.78 Å². The Hall–Kier alpha value is -2.89. The second-order valence-corrected chi connectivity index (χ2v) is 7.13. The van der Waals surface area contributed by atoms with Crippen molar-refractivity contribution in [2.45, 2.75) is 27.0 Å². The van der Waals surface area contributed by atoms with Crippen molar-refractivity contribution in [2.24, 2.45) is 0 Å². The van der Waals surface area contributed by atoms with Crippen LogP contribution in [0.1, 0.15) is 31.1 Å². The molecule has 30 heavy (non-hydrogen) atoms. The highest BCUT2D eigenvalue weighted by molar-refractivity contribution is 6.16. The van der Waals surface area contributed by atoms with Crippen LogP contribution in [-0.4, -0.2) is 40.3 Å². The van der Waals surface area contributed by atoms with E-state index < -0.39 is 5.97 Å². The molecule has 1 aromatic heterocycles. The second-order valence-electron chi connectivity index (χ2n) is 7.13. The Labute approximate surface area is 181 Å². The number of carbonyl (C=O) groups is 1. The number of ether oxygens (including phenoxy) is 1. The van der Waals surface area contributed by atoms with Gasteiger partial charge in [-0.05, 0) is 55.1 Å². The topological polar surface area (TPSA) is 62.7 Å². The summed E-state index contributed by atoms with van der Waals surface area (Å²) < 4.78 is 6.09. The first-order chi connectivity index (χ1) is 14.0. The molecule has 4 aromatic rings. The fraction of sp³-hybridized carbons (Fsp3) is 0.250. The lowest BCUT2D eigenvalue weighted by molar-refractivity contribution is 0.0482. The van der Waals surface area contributed by atoms with Gasteiger partial charge < -0.3 is 9.84 Å². The summed E-state index contributed by atoms with van der Waals surface area (Å²) >= 11 is 0. The predicted molar refractivity (Wildman–Crippen MR) is 124 cm³/mol. The maximum absolute atomic E-state index is 12.1. The number of halogens is 1. The molecule has 0 fully saturated rings. The molecular formula is C24H25ClN2O3. The van der Waals surface area contributed by atoms with Gasteiger partial charge in [0.2, 0.25) is 0 Å². The zero-order valence-electron chi connectivity index (χ0n) is 17.3. The monoisotopic (exact) mass is 424 g/mol. The van der Waals surface area contributed by atoms with Gasteiger partial charge in [0, 0.05) is 16.8 Å². The normalized spacial score (nSPS) is 12.3. The van der Waals surface area contributed by atoms with Crippen molar-refractivity contribution in [3.8, 4) is 5.75 Å². The highest BCUT2D eigenvalue weighted by Crippen LogP contribution is 2.31. The van der Waals surface area contributed by atoms with Gasteiger partial charge in [0.1, 0.15) is 12.0 Å². The molecule has 1 unspecified atom stereocenters. The summed E-state index contributed by atoms with van der Waals surface area (Å²) in [5.74, 6) is -0.274. The molecule has 0 spiro atoms. The zero-order chi connectivity index (χ0) is 20.5. The summed E-state index contributed by atoms with van der Waals surface area (Å²) in [6.45, 7) is 8.00. The summed E-state index contributed by atoms with van der Waals surface area (Å²) in [5.41, 5.74) is 1.57. The predicted octanol–water partition coefficient (Wildman–Crippen LogP) is 5.73. The Morgan fingerprint density at radius 1 is 1.00 bits per heavy atom. The maximum Gasteiger partial charge on any atom is 0.337 e. The van der Waals surface area contributed by atoms with Crippen molar-refractivity contribution in [1.82, 2.24) is 9.88 Å². The van der Waals surface area contributed by atoms with Gasteiger partial charge in [-0.3, -0.25) is 4.90 Å². The largest absolute Gasteiger partial charge is 0.478 e. The highest BCUT2D eigenvalue weighted by Gasteiger charge is 2.17. The molecule has 0 amide bonds. The quantitative estimate of drug-likeness (QED) is 0.316. The van der Waals surface area contributed by atoms with Crippen LogP contribution in [0.3, 0.4) is 0 Å². The molecule has 0 bridgehead atoms. The average Bonchev–Trinajstić information content (AvgIpc) is 2.71. The molecule has 0 radical (unpaired) electrons. The van der Waals surface area contributed by atoms with E-state index in [2.05, 4.69) is 18.7 Å². The fourth-order valence-electron chi connectivity index (χ4n) is 3.92. The molecule has 4 rings (SSSR count). The number of pyridine rings is 1. The number of nitrogens with zero attached hydrogens (tertiary/aromatic N) is 2. The van der Waals surface area contributed by atoms with Crippen molar-refractivity contribution in [1.29, 1.82) is 0 Å². The molecule has 0 saturated heterocycles. The van der Waals surface area contributed by atoms with E-state index in [0.717, 1.165) is 23.9 Å². The minimum atomic E-state index is -0.956. The van der Waals surface area contributed by atoms with E-state index in [4.69, 9.17) is 9.72 Å². The lowest BCUT2D eigenvalue weighted by Crippen LogP contribution is -2.36. The Morgan fingerprint density at radius 3 is 2.27 bits per heavy atom. The van der Waals surface area contributed by atoms with Crippen LogP contribution in [0, 0.1) is 0 Å². The number of rotatable bonds is 6. The van der Waals surface area contributed by atoms with E-state index in [9.17, 15) is 9.90 Å². The van der Waals surface area contributed by atoms with Crippen molar-refractivity contribution in [2.75, 3.05) is 13.1 Å². The third-order valence-electron chi connectivity index (χ3n) is 5.46. The average molecular weight is 425 g/mol. The summed E-state index contributed by atoms with van der Waals surface area (Å²) in [6.07, 6.45) is -0.0780. The van der Waals surface area contributed by atoms with E-state index >= 15 is 0 Å². The van der Waals surface area contributed by atoms with Gasteiger partial charge >= 0.3 is 5.97 Å². The van der Waals surface area contributed by atoms with Crippen molar-refractivity contribution in [3.63, 3.8) is 0 Å². The van der Waals surface area contributed by atoms with E-state index in [0.29, 0.717) is 27.6 Å². The minimum Gasteiger partial charge on any atom is -0.478 e. The number of aromatic carboxylic acids is 1. The standard InChI is InChI=1S/C24H24N2O3.ClH/c1-4-26(5-2)15(3)29-18-10-11-19-22(14-18)25-21-13-17-9-7-6-8-16(17)12-20(21)23(19)24(27)28;/h6-15H,4-5H2,1-3H3,(H,27,28);1H. The molecule has 0 aliphatic carbocycles. The minimum absolute atomic E-state index is 0. The van der Waals surface area contributed by atoms with Crippen LogP contribution in [0.4, 0.5) is 0 Å². The van der Waals surface area contributed by atoms with Gasteiger partial charge in [0.05, 0.1) is 16.6 Å². The molecule has 0 saturated carbocycles. The summed E-state index contributed by atoms with van der Waals surface area (Å²) in [5, 5.41) is 13.2. The number of carboxylic acid groups (broad SMARTS) is 1. The first-order valence-electron chi connectivity index (χ1n) is 9.92. The third kappa shape index (κ3) is 3.91. The fourth-order valence-corrected chi connectivity index (χ4v) is 3.92. The number of aromatic nitrogens is 1. The second kappa shape index (κ2) is 8.86. The van der Waals surface area contributed by atoms with Crippen LogP contribution in [0.2, 0.25) is 0 Å². The summed E-state index contributed by atoms with van der Waals surface area (Å²) in [4.78, 5) is 19.1. The molecule has 3 aromatic carbocycles. The van der Waals surface area contributed by atoms with E-state index in [1.54, 1.807) is 6.07 Å². The lowest BCUT2D eigenvalue weighted by Gasteiger charge is -2.27. The summed E-state index contributed by atoms with van der Waals surface area (Å²) in [7, 11) is 0. The smallest absolute Gasteiger partial charge is 0.337 e. The van der Waals surface area contributed by atoms with E-state index in [1.165, 1.54) is 0 Å². The number of hydrogen-bond donors (Lipinski definition) is 1. The Kier molecular flexibility index (Phi) is 6.44. The van der Waals surface area contributed by atoms with Crippen LogP contribution >= 0.6 is 12.4 Å². The van der Waals surface area contributed by atoms with Gasteiger partial charge in [0.15, 0.2) is 0 Å². The SMILES string of the molecule is CCN(CC)C(C)Oc1ccc2c(C(=O)O)c3cc4ccccc4cc3nc2c1.Cl. The number of hydrogen-bond acceptors (Lipinski definition) is 4. The Bertz CT molecular complexity index is 1220. The highest BCUT2D eigenvalue weighted by atomic mass is 35.5. The molecule has 1 N–H and O–H groups in total. The van der Waals surface area contributed by atoms with Crippen molar-refractivity contribution >= 4 is 51.0 Å². The van der Waals surface area contributed by atoms with Gasteiger partial charge in [-0.15, -0.1) is 12.4 Å². The molecule has 156 valence electrons. The molecule has 0 aliphatic heterocycles. The van der Waals surface area contributed by atoms with Crippen molar-refractivity contribution in [3.05, 3.63) is 60.2 Å². The van der Waals surface area contributed by atoms with Gasteiger partial charge in [-0.2, -0.15) is 0 Å². The van der Waals surface area contributed by atoms with Crippen LogP contribution < -0.4 is 4.74 Å². The lowest BCUT2D eigenvalue weighted by atomic mass is 9.99. The Balaban J connectivity index is 0.00000256. The van der Waals surface area contributed by atoms with Gasteiger partial charge in [-0.1, -0.05) is 38.1 Å². The first-order valence-corrected chi connectivity index (χ1v) is 9.92. The first kappa shape index (κ1) is 21.8. The number of benzene rings is 3. The molecule has 5 nitrogen and oxygen atoms in total. The molecular weight excluding hydrogens is 400 g/mol. The molecule has 1 heterocycles. The van der Waals surface area contributed by atoms with Crippen LogP contribution in [0.25, 0.3) is 32.6 Å². The van der Waals surface area contributed by atoms with Crippen LogP contribution in [0.5, 0.6) is 5.75 Å². The molecule has 1 atom stereocenters. The third-order valence-corrected chi connectivity index (χ3v) is 5.46. The maximum atomic E-state index is 12.1. The Morgan fingerprint density at radius 2 is 1.63 bits per heavy atom. The zero-order valence-corrected chi connectivity index (χ0v) is 18.1. The number of fused-ring (bicyclic) bond motifs is 3. The molecule has 0 aliphatic rings.